The van der Waals surface area contributed by atoms with E-state index in [-0.39, 0.29) is 22.8 Å². The number of aromatic nitrogens is 2. The van der Waals surface area contributed by atoms with E-state index in [1.54, 1.807) is 61.9 Å². The first-order valence-electron chi connectivity index (χ1n) is 11.0. The zero-order chi connectivity index (χ0) is 26.3. The van der Waals surface area contributed by atoms with E-state index >= 15 is 0 Å². The Morgan fingerprint density at radius 1 is 1.19 bits per heavy atom. The van der Waals surface area contributed by atoms with E-state index in [0.717, 1.165) is 0 Å². The van der Waals surface area contributed by atoms with Crippen LogP contribution in [-0.4, -0.2) is 61.9 Å². The minimum atomic E-state index is -2.45. The van der Waals surface area contributed by atoms with Gasteiger partial charge in [-0.1, -0.05) is 23.7 Å². The summed E-state index contributed by atoms with van der Waals surface area (Å²) in [7, 11) is 2.93. The van der Waals surface area contributed by atoms with Crippen molar-refractivity contribution in [3.8, 4) is 17.4 Å². The maximum absolute atomic E-state index is 12.4. The molecule has 0 spiro atoms. The Bertz CT molecular complexity index is 1310. The molecule has 1 amide bonds. The fraction of sp³-hybridized carbons (Fsp3) is 0.240. The number of benzene rings is 2. The smallest absolute Gasteiger partial charge is 0.248 e. The molecule has 3 aromatic rings. The number of halogens is 1. The van der Waals surface area contributed by atoms with Crippen LogP contribution in [0.4, 0.5) is 17.3 Å². The molecule has 0 aliphatic rings. The average Bonchev–Trinajstić information content (AvgIpc) is 2.80. The standard InChI is InChI=1S/C25H29ClN5O4P/c1-31(2)13-7-10-23(32)28-17-8-6-9-18(14-17)35-24-20(26)16-27-25(30-24)29-21-12-11-19(36(4,5)33)15-22(21)34-3/h6-12,14-16H,13H2,1-5H3,(H,28,32)(H,27,29,30). The molecule has 0 saturated carbocycles. The maximum Gasteiger partial charge on any atom is 0.248 e. The van der Waals surface area contributed by atoms with Crippen LogP contribution in [0.15, 0.2) is 60.8 Å². The van der Waals surface area contributed by atoms with E-state index in [4.69, 9.17) is 21.1 Å². The highest BCUT2D eigenvalue weighted by atomic mass is 35.5. The third kappa shape index (κ3) is 7.81. The highest BCUT2D eigenvalue weighted by molar-refractivity contribution is 7.70. The van der Waals surface area contributed by atoms with Gasteiger partial charge in [0.1, 0.15) is 23.7 Å². The van der Waals surface area contributed by atoms with E-state index in [0.29, 0.717) is 34.7 Å². The third-order valence-corrected chi connectivity index (χ3v) is 6.60. The summed E-state index contributed by atoms with van der Waals surface area (Å²) in [5, 5.41) is 6.78. The Hall–Kier alpha value is -3.39. The summed E-state index contributed by atoms with van der Waals surface area (Å²) in [6.45, 7) is 4.05. The molecule has 190 valence electrons. The monoisotopic (exact) mass is 529 g/mol. The van der Waals surface area contributed by atoms with E-state index in [1.165, 1.54) is 19.4 Å². The lowest BCUT2D eigenvalue weighted by Gasteiger charge is -2.14. The number of amides is 1. The lowest BCUT2D eigenvalue weighted by molar-refractivity contribution is -0.111. The molecule has 0 radical (unpaired) electrons. The topological polar surface area (TPSA) is 106 Å². The van der Waals surface area contributed by atoms with Crippen molar-refractivity contribution in [3.05, 3.63) is 65.8 Å². The summed E-state index contributed by atoms with van der Waals surface area (Å²) in [6.07, 6.45) is 4.67. The molecule has 0 aliphatic carbocycles. The van der Waals surface area contributed by atoms with Gasteiger partial charge in [-0.2, -0.15) is 4.98 Å². The molecule has 3 rings (SSSR count). The van der Waals surface area contributed by atoms with Crippen molar-refractivity contribution in [2.75, 3.05) is 51.7 Å². The van der Waals surface area contributed by atoms with E-state index in [1.807, 2.05) is 19.0 Å². The molecule has 2 N–H and O–H groups in total. The van der Waals surface area contributed by atoms with Gasteiger partial charge in [0.05, 0.1) is 19.0 Å². The summed E-state index contributed by atoms with van der Waals surface area (Å²) in [6, 6.07) is 12.1. The molecule has 2 aromatic carbocycles. The van der Waals surface area contributed by atoms with Gasteiger partial charge in [0.25, 0.3) is 0 Å². The Kier molecular flexibility index (Phi) is 9.09. The van der Waals surface area contributed by atoms with Crippen LogP contribution in [0.25, 0.3) is 0 Å². The fourth-order valence-corrected chi connectivity index (χ4v) is 4.02. The number of rotatable bonds is 10. The summed E-state index contributed by atoms with van der Waals surface area (Å²) in [4.78, 5) is 22.7. The van der Waals surface area contributed by atoms with Gasteiger partial charge in [-0.05, 0) is 57.8 Å². The zero-order valence-electron chi connectivity index (χ0n) is 20.8. The van der Waals surface area contributed by atoms with Crippen molar-refractivity contribution in [1.82, 2.24) is 14.9 Å². The molecule has 0 atom stereocenters. The zero-order valence-corrected chi connectivity index (χ0v) is 22.4. The maximum atomic E-state index is 12.4. The second-order valence-corrected chi connectivity index (χ2v) is 12.1. The Morgan fingerprint density at radius 3 is 2.67 bits per heavy atom. The first-order valence-corrected chi connectivity index (χ1v) is 14.0. The molecule has 9 nitrogen and oxygen atoms in total. The first kappa shape index (κ1) is 27.2. The van der Waals surface area contributed by atoms with Gasteiger partial charge in [0.2, 0.25) is 17.7 Å². The van der Waals surface area contributed by atoms with Crippen molar-refractivity contribution in [3.63, 3.8) is 0 Å². The number of methoxy groups -OCH3 is 1. The average molecular weight is 530 g/mol. The van der Waals surface area contributed by atoms with E-state index in [9.17, 15) is 9.36 Å². The van der Waals surface area contributed by atoms with Gasteiger partial charge in [0.15, 0.2) is 0 Å². The van der Waals surface area contributed by atoms with Gasteiger partial charge in [-0.25, -0.2) is 4.98 Å². The van der Waals surface area contributed by atoms with Crippen LogP contribution in [0.1, 0.15) is 0 Å². The lowest BCUT2D eigenvalue weighted by atomic mass is 10.3. The van der Waals surface area contributed by atoms with Crippen molar-refractivity contribution < 1.29 is 18.8 Å². The minimum Gasteiger partial charge on any atom is -0.495 e. The second kappa shape index (κ2) is 12.0. The summed E-state index contributed by atoms with van der Waals surface area (Å²) in [5.41, 5.74) is 1.15. The number of carbonyl (C=O) groups is 1. The number of anilines is 3. The van der Waals surface area contributed by atoms with Crippen molar-refractivity contribution in [1.29, 1.82) is 0 Å². The van der Waals surface area contributed by atoms with Gasteiger partial charge in [-0.15, -0.1) is 0 Å². The quantitative estimate of drug-likeness (QED) is 0.280. The number of carbonyl (C=O) groups excluding carboxylic acids is 1. The highest BCUT2D eigenvalue weighted by Gasteiger charge is 2.16. The largest absolute Gasteiger partial charge is 0.495 e. The predicted octanol–water partition coefficient (Wildman–Crippen LogP) is 4.98. The Labute approximate surface area is 215 Å². The van der Waals surface area contributed by atoms with E-state index < -0.39 is 7.14 Å². The lowest BCUT2D eigenvalue weighted by Crippen LogP contribution is -2.12. The Balaban J connectivity index is 1.76. The van der Waals surface area contributed by atoms with Gasteiger partial charge in [-0.3, -0.25) is 4.79 Å². The van der Waals surface area contributed by atoms with Crippen LogP contribution >= 0.6 is 18.7 Å². The number of hydrogen-bond donors (Lipinski definition) is 2. The summed E-state index contributed by atoms with van der Waals surface area (Å²) < 4.78 is 23.7. The molecule has 36 heavy (non-hydrogen) atoms. The molecule has 0 bridgehead atoms. The van der Waals surface area contributed by atoms with Crippen LogP contribution < -0.4 is 25.4 Å². The normalized spacial score (nSPS) is 11.5. The Morgan fingerprint density at radius 2 is 1.97 bits per heavy atom. The molecule has 0 saturated heterocycles. The number of hydrogen-bond acceptors (Lipinski definition) is 8. The molecular weight excluding hydrogens is 501 g/mol. The predicted molar refractivity (Wildman–Crippen MR) is 145 cm³/mol. The van der Waals surface area contributed by atoms with Gasteiger partial charge in [0, 0.05) is 29.7 Å². The third-order valence-electron chi connectivity index (χ3n) is 4.82. The molecule has 1 aromatic heterocycles. The number of nitrogens with one attached hydrogen (secondary N) is 2. The number of nitrogens with zero attached hydrogens (tertiary/aromatic N) is 3. The number of ether oxygens (including phenoxy) is 2. The van der Waals surface area contributed by atoms with Crippen LogP contribution in [0, 0.1) is 0 Å². The highest BCUT2D eigenvalue weighted by Crippen LogP contribution is 2.38. The van der Waals surface area contributed by atoms with Gasteiger partial charge >= 0.3 is 0 Å². The molecule has 0 unspecified atom stereocenters. The van der Waals surface area contributed by atoms with E-state index in [2.05, 4.69) is 20.6 Å². The molecule has 1 heterocycles. The van der Waals surface area contributed by atoms with Crippen molar-refractivity contribution in [2.24, 2.45) is 0 Å². The van der Waals surface area contributed by atoms with Crippen LogP contribution in [0.3, 0.4) is 0 Å². The van der Waals surface area contributed by atoms with Gasteiger partial charge < -0.3 is 29.6 Å². The van der Waals surface area contributed by atoms with Crippen LogP contribution in [-0.2, 0) is 9.36 Å². The summed E-state index contributed by atoms with van der Waals surface area (Å²) in [5.74, 6) is 1.04. The molecular formula is C25H29ClN5O4P. The molecule has 0 fully saturated rings. The van der Waals surface area contributed by atoms with Crippen molar-refractivity contribution in [2.45, 2.75) is 0 Å². The van der Waals surface area contributed by atoms with Crippen molar-refractivity contribution >= 4 is 47.3 Å². The molecule has 0 aliphatic heterocycles. The summed E-state index contributed by atoms with van der Waals surface area (Å²) >= 11 is 6.27. The first-order chi connectivity index (χ1) is 17.0. The minimum absolute atomic E-state index is 0.130. The number of likely N-dealkylation sites (N-methyl/N-ethyl adjacent to an activating group) is 1. The van der Waals surface area contributed by atoms with Crippen LogP contribution in [0.2, 0.25) is 5.02 Å². The fourth-order valence-electron chi connectivity index (χ4n) is 3.03. The second-order valence-electron chi connectivity index (χ2n) is 8.49. The SMILES string of the molecule is COc1cc(P(C)(C)=O)ccc1Nc1ncc(Cl)c(Oc2cccc(NC(=O)C=CCN(C)C)c2)n1. The molecule has 11 heteroatoms. The van der Waals surface area contributed by atoms with Crippen LogP contribution in [0.5, 0.6) is 17.4 Å².